The van der Waals surface area contributed by atoms with Crippen molar-refractivity contribution in [2.24, 2.45) is 5.92 Å². The number of hydrogen-bond acceptors (Lipinski definition) is 5. The maximum atomic E-state index is 13.2. The molecule has 0 bridgehead atoms. The summed E-state index contributed by atoms with van der Waals surface area (Å²) >= 11 is 0. The van der Waals surface area contributed by atoms with Crippen LogP contribution >= 0.6 is 0 Å². The molecule has 0 saturated carbocycles. The van der Waals surface area contributed by atoms with Crippen LogP contribution < -0.4 is 10.1 Å². The molecular formula is C24H30N4O4. The van der Waals surface area contributed by atoms with E-state index in [4.69, 9.17) is 9.47 Å². The van der Waals surface area contributed by atoms with Crippen LogP contribution in [0.3, 0.4) is 0 Å². The normalized spacial score (nSPS) is 18.2. The van der Waals surface area contributed by atoms with Gasteiger partial charge in [0.05, 0.1) is 32.1 Å². The van der Waals surface area contributed by atoms with Gasteiger partial charge in [-0.25, -0.2) is 4.79 Å². The lowest BCUT2D eigenvalue weighted by atomic mass is 9.94. The maximum Gasteiger partial charge on any atom is 0.320 e. The van der Waals surface area contributed by atoms with Gasteiger partial charge in [0.25, 0.3) is 0 Å². The Morgan fingerprint density at radius 2 is 1.72 bits per heavy atom. The van der Waals surface area contributed by atoms with Gasteiger partial charge >= 0.3 is 6.03 Å². The number of nitrogens with one attached hydrogen (secondary N) is 1. The summed E-state index contributed by atoms with van der Waals surface area (Å²) in [6.45, 7) is 3.59. The molecule has 0 spiro atoms. The number of para-hydroxylation sites is 1. The summed E-state index contributed by atoms with van der Waals surface area (Å²) in [6, 6.07) is 13.0. The molecule has 0 radical (unpaired) electrons. The molecule has 1 N–H and O–H groups in total. The van der Waals surface area contributed by atoms with Crippen LogP contribution in [0.1, 0.15) is 30.1 Å². The minimum atomic E-state index is -0.409. The number of amides is 3. The number of rotatable bonds is 5. The number of morpholine rings is 1. The quantitative estimate of drug-likeness (QED) is 0.775. The number of benzene rings is 1. The van der Waals surface area contributed by atoms with Crippen LogP contribution in [0.15, 0.2) is 48.7 Å². The molecule has 0 aliphatic carbocycles. The lowest BCUT2D eigenvalue weighted by Crippen LogP contribution is -2.51. The van der Waals surface area contributed by atoms with E-state index in [0.29, 0.717) is 58.0 Å². The highest BCUT2D eigenvalue weighted by Crippen LogP contribution is 2.30. The molecule has 1 atom stereocenters. The van der Waals surface area contributed by atoms with Gasteiger partial charge in [-0.1, -0.05) is 24.3 Å². The Labute approximate surface area is 188 Å². The Bertz CT molecular complexity index is 909. The minimum Gasteiger partial charge on any atom is -0.496 e. The molecule has 3 heterocycles. The van der Waals surface area contributed by atoms with Crippen LogP contribution in [0.5, 0.6) is 5.75 Å². The van der Waals surface area contributed by atoms with Gasteiger partial charge in [0.2, 0.25) is 5.91 Å². The summed E-state index contributed by atoms with van der Waals surface area (Å²) in [4.78, 5) is 34.1. The molecule has 2 aromatic rings. The molecule has 1 aromatic carbocycles. The summed E-state index contributed by atoms with van der Waals surface area (Å²) < 4.78 is 10.9. The highest BCUT2D eigenvalue weighted by Gasteiger charge is 2.32. The van der Waals surface area contributed by atoms with Crippen molar-refractivity contribution >= 4 is 11.9 Å². The van der Waals surface area contributed by atoms with Gasteiger partial charge in [-0.2, -0.15) is 0 Å². The highest BCUT2D eigenvalue weighted by atomic mass is 16.5. The average molecular weight is 439 g/mol. The number of nitrogens with zero attached hydrogens (tertiary/aromatic N) is 3. The van der Waals surface area contributed by atoms with Crippen molar-refractivity contribution < 1.29 is 19.1 Å². The Morgan fingerprint density at radius 1 is 1.03 bits per heavy atom. The molecule has 2 saturated heterocycles. The van der Waals surface area contributed by atoms with E-state index in [1.165, 1.54) is 0 Å². The van der Waals surface area contributed by atoms with Gasteiger partial charge < -0.3 is 24.6 Å². The summed E-state index contributed by atoms with van der Waals surface area (Å²) in [5.74, 6) is 0.532. The third-order valence-corrected chi connectivity index (χ3v) is 6.14. The van der Waals surface area contributed by atoms with Crippen molar-refractivity contribution in [1.82, 2.24) is 20.1 Å². The number of pyridine rings is 1. The molecule has 1 unspecified atom stereocenters. The van der Waals surface area contributed by atoms with E-state index in [-0.39, 0.29) is 17.9 Å². The first-order valence-electron chi connectivity index (χ1n) is 11.1. The second-order valence-corrected chi connectivity index (χ2v) is 8.08. The zero-order valence-corrected chi connectivity index (χ0v) is 18.4. The van der Waals surface area contributed by atoms with Gasteiger partial charge in [-0.3, -0.25) is 9.78 Å². The van der Waals surface area contributed by atoms with Crippen molar-refractivity contribution in [1.29, 1.82) is 0 Å². The van der Waals surface area contributed by atoms with Gasteiger partial charge in [0.15, 0.2) is 0 Å². The van der Waals surface area contributed by atoms with Crippen molar-refractivity contribution in [3.05, 3.63) is 59.9 Å². The molecule has 32 heavy (non-hydrogen) atoms. The first-order valence-corrected chi connectivity index (χ1v) is 11.1. The topological polar surface area (TPSA) is 84.0 Å². The fraction of sp³-hybridized carbons (Fsp3) is 0.458. The number of carbonyl (C=O) groups is 2. The standard InChI is InChI=1S/C24H30N4O4/c1-31-21-8-3-2-6-19(21)22(20-7-4-5-11-25-20)26-23(29)18-9-12-27(13-10-18)24(30)28-14-16-32-17-15-28/h2-8,11,18,22H,9-10,12-17H2,1H3,(H,26,29). The van der Waals surface area contributed by atoms with Crippen molar-refractivity contribution in [3.63, 3.8) is 0 Å². The minimum absolute atomic E-state index is 0.0231. The molecule has 2 aliphatic heterocycles. The Hall–Kier alpha value is -3.13. The number of urea groups is 1. The lowest BCUT2D eigenvalue weighted by Gasteiger charge is -2.37. The first-order chi connectivity index (χ1) is 15.7. The van der Waals surface area contributed by atoms with Crippen LogP contribution in [0.25, 0.3) is 0 Å². The molecule has 8 heteroatoms. The molecule has 2 fully saturated rings. The second kappa shape index (κ2) is 10.5. The smallest absolute Gasteiger partial charge is 0.320 e. The monoisotopic (exact) mass is 438 g/mol. The van der Waals surface area contributed by atoms with Crippen LogP contribution in [-0.2, 0) is 9.53 Å². The van der Waals surface area contributed by atoms with Crippen LogP contribution in [0, 0.1) is 5.92 Å². The Kier molecular flexibility index (Phi) is 7.21. The van der Waals surface area contributed by atoms with Crippen molar-refractivity contribution in [3.8, 4) is 5.75 Å². The summed E-state index contributed by atoms with van der Waals surface area (Å²) in [5, 5.41) is 3.19. The van der Waals surface area contributed by atoms with E-state index in [2.05, 4.69) is 10.3 Å². The molecule has 3 amide bonds. The Balaban J connectivity index is 1.42. The highest BCUT2D eigenvalue weighted by molar-refractivity contribution is 5.80. The third kappa shape index (κ3) is 5.02. The molecule has 170 valence electrons. The molecule has 4 rings (SSSR count). The largest absolute Gasteiger partial charge is 0.496 e. The van der Waals surface area contributed by atoms with Gasteiger partial charge in [-0.05, 0) is 31.0 Å². The molecular weight excluding hydrogens is 408 g/mol. The number of aromatic nitrogens is 1. The fourth-order valence-corrected chi connectivity index (χ4v) is 4.31. The first kappa shape index (κ1) is 22.1. The number of likely N-dealkylation sites (tertiary alicyclic amines) is 1. The SMILES string of the molecule is COc1ccccc1C(NC(=O)C1CCN(C(=O)N2CCOCC2)CC1)c1ccccn1. The van der Waals surface area contributed by atoms with Gasteiger partial charge in [0.1, 0.15) is 5.75 Å². The van der Waals surface area contributed by atoms with E-state index in [1.807, 2.05) is 52.3 Å². The van der Waals surface area contributed by atoms with E-state index >= 15 is 0 Å². The summed E-state index contributed by atoms with van der Waals surface area (Å²) in [7, 11) is 1.62. The number of carbonyl (C=O) groups excluding carboxylic acids is 2. The zero-order chi connectivity index (χ0) is 22.3. The molecule has 8 nitrogen and oxygen atoms in total. The van der Waals surface area contributed by atoms with Gasteiger partial charge in [-0.15, -0.1) is 0 Å². The number of hydrogen-bond donors (Lipinski definition) is 1. The van der Waals surface area contributed by atoms with Crippen LogP contribution in [0.2, 0.25) is 0 Å². The zero-order valence-electron chi connectivity index (χ0n) is 18.4. The third-order valence-electron chi connectivity index (χ3n) is 6.14. The summed E-state index contributed by atoms with van der Waals surface area (Å²) in [6.07, 6.45) is 3.01. The van der Waals surface area contributed by atoms with Crippen molar-refractivity contribution in [2.75, 3.05) is 46.5 Å². The predicted octanol–water partition coefficient (Wildman–Crippen LogP) is 2.46. The van der Waals surface area contributed by atoms with E-state index in [9.17, 15) is 9.59 Å². The predicted molar refractivity (Wildman–Crippen MR) is 119 cm³/mol. The number of piperidine rings is 1. The molecule has 2 aliphatic rings. The number of ether oxygens (including phenoxy) is 2. The van der Waals surface area contributed by atoms with Crippen LogP contribution in [0.4, 0.5) is 4.79 Å². The Morgan fingerprint density at radius 3 is 2.41 bits per heavy atom. The molecule has 1 aromatic heterocycles. The average Bonchev–Trinajstić information content (AvgIpc) is 2.88. The van der Waals surface area contributed by atoms with E-state index in [1.54, 1.807) is 13.3 Å². The summed E-state index contributed by atoms with van der Waals surface area (Å²) in [5.41, 5.74) is 1.62. The van der Waals surface area contributed by atoms with Gasteiger partial charge in [0, 0.05) is 43.9 Å². The fourth-order valence-electron chi connectivity index (χ4n) is 4.31. The second-order valence-electron chi connectivity index (χ2n) is 8.08. The maximum absolute atomic E-state index is 13.2. The lowest BCUT2D eigenvalue weighted by molar-refractivity contribution is -0.126. The van der Waals surface area contributed by atoms with Crippen LogP contribution in [-0.4, -0.2) is 73.2 Å². The van der Waals surface area contributed by atoms with E-state index in [0.717, 1.165) is 11.3 Å². The number of methoxy groups -OCH3 is 1. The van der Waals surface area contributed by atoms with Crippen molar-refractivity contribution in [2.45, 2.75) is 18.9 Å². The van der Waals surface area contributed by atoms with E-state index < -0.39 is 6.04 Å².